The quantitative estimate of drug-likeness (QED) is 0.230. The third-order valence-electron chi connectivity index (χ3n) is 5.46. The summed E-state index contributed by atoms with van der Waals surface area (Å²) in [4.78, 5) is 35.8. The summed E-state index contributed by atoms with van der Waals surface area (Å²) in [7, 11) is 0. The van der Waals surface area contributed by atoms with Crippen molar-refractivity contribution < 1.29 is 46.8 Å². The molecule has 0 saturated carbocycles. The minimum atomic E-state index is -1.03. The Kier molecular flexibility index (Phi) is 37.1. The van der Waals surface area contributed by atoms with Crippen LogP contribution in [-0.4, -0.2) is 72.2 Å². The van der Waals surface area contributed by atoms with Crippen LogP contribution in [-0.2, 0) is 17.1 Å². The molecule has 0 atom stereocenters. The Morgan fingerprint density at radius 3 is 0.622 bits per heavy atom. The largest absolute Gasteiger partial charge is 3.00 e. The second kappa shape index (κ2) is 32.4. The third-order valence-corrected chi connectivity index (χ3v) is 5.46. The van der Waals surface area contributed by atoms with E-state index in [4.69, 9.17) is 0 Å². The Balaban J connectivity index is -0.000000218. The molecule has 0 aliphatic heterocycles. The van der Waals surface area contributed by atoms with Crippen molar-refractivity contribution in [3.63, 3.8) is 0 Å². The second-order valence-electron chi connectivity index (χ2n) is 8.88. The number of carbonyl (C=O) groups excluding carboxylic acids is 3. The van der Waals surface area contributed by atoms with Gasteiger partial charge < -0.3 is 44.4 Å². The molecule has 10 heteroatoms. The number of hydrogen-bond acceptors (Lipinski definition) is 6. The van der Waals surface area contributed by atoms with Gasteiger partial charge in [0.1, 0.15) is 18.3 Å². The van der Waals surface area contributed by atoms with Gasteiger partial charge >= 0.3 is 17.1 Å². The fourth-order valence-corrected chi connectivity index (χ4v) is 2.98. The molecule has 0 aliphatic carbocycles. The van der Waals surface area contributed by atoms with Gasteiger partial charge in [0.2, 0.25) is 0 Å². The molecule has 0 bridgehead atoms. The van der Waals surface area contributed by atoms with Gasteiger partial charge in [-0.1, -0.05) is 80.1 Å². The van der Waals surface area contributed by atoms with E-state index < -0.39 is 18.3 Å². The fourth-order valence-electron chi connectivity index (χ4n) is 2.98. The first-order valence-corrected chi connectivity index (χ1v) is 14.0. The summed E-state index contributed by atoms with van der Waals surface area (Å²) >= 11 is 0. The normalized spacial score (nSPS) is 9.57. The number of rotatable bonds is 18. The van der Waals surface area contributed by atoms with E-state index >= 15 is 0 Å². The molecule has 0 aromatic heterocycles. The van der Waals surface area contributed by atoms with Gasteiger partial charge in [-0.05, 0) is 38.5 Å². The Labute approximate surface area is 237 Å². The molecule has 0 spiro atoms. The van der Waals surface area contributed by atoms with Crippen LogP contribution in [0.1, 0.15) is 119 Å². The summed E-state index contributed by atoms with van der Waals surface area (Å²) in [6.45, 7) is 16.0. The van der Waals surface area contributed by atoms with Crippen LogP contribution in [0.2, 0.25) is 0 Å². The van der Waals surface area contributed by atoms with Crippen LogP contribution in [0.4, 0.5) is 14.4 Å². The summed E-state index contributed by atoms with van der Waals surface area (Å²) in [5.74, 6) is 0. The van der Waals surface area contributed by atoms with E-state index in [1.54, 1.807) is 0 Å². The molecular formula is C27H54FeN3O6. The number of unbranched alkanes of at least 4 members (excludes halogenated alkanes) is 6. The van der Waals surface area contributed by atoms with Crippen molar-refractivity contribution in [2.75, 3.05) is 39.3 Å². The smallest absolute Gasteiger partial charge is 0.530 e. The Morgan fingerprint density at radius 1 is 0.405 bits per heavy atom. The van der Waals surface area contributed by atoms with Crippen LogP contribution in [0.5, 0.6) is 0 Å². The molecule has 221 valence electrons. The van der Waals surface area contributed by atoms with E-state index in [1.807, 2.05) is 41.5 Å². The molecule has 0 N–H and O–H groups in total. The zero-order valence-electron chi connectivity index (χ0n) is 24.4. The van der Waals surface area contributed by atoms with Gasteiger partial charge in [0, 0.05) is 39.3 Å². The van der Waals surface area contributed by atoms with Gasteiger partial charge in [0.05, 0.1) is 0 Å². The summed E-state index contributed by atoms with van der Waals surface area (Å²) in [5, 5.41) is 31.6. The maximum absolute atomic E-state index is 10.5. The first kappa shape index (κ1) is 42.4. The van der Waals surface area contributed by atoms with Crippen molar-refractivity contribution in [2.45, 2.75) is 119 Å². The van der Waals surface area contributed by atoms with E-state index in [0.29, 0.717) is 39.3 Å². The number of nitrogens with zero attached hydrogens (tertiary/aromatic N) is 3. The standard InChI is InChI=1S/3C9H19NO2.Fe/c3*1-3-5-7-10(9(11)12)8-6-4-2;/h3*3-8H2,1-2H3,(H,11,12);/q;;;+3/p-3. The van der Waals surface area contributed by atoms with Gasteiger partial charge in [-0.3, -0.25) is 0 Å². The van der Waals surface area contributed by atoms with Crippen LogP contribution >= 0.6 is 0 Å². The van der Waals surface area contributed by atoms with Crippen LogP contribution in [0.15, 0.2) is 0 Å². The number of amides is 3. The van der Waals surface area contributed by atoms with Crippen molar-refractivity contribution in [1.82, 2.24) is 14.7 Å². The number of hydrogen-bond donors (Lipinski definition) is 0. The van der Waals surface area contributed by atoms with Gasteiger partial charge in [0.25, 0.3) is 0 Å². The van der Waals surface area contributed by atoms with Crippen molar-refractivity contribution in [1.29, 1.82) is 0 Å². The molecule has 0 saturated heterocycles. The van der Waals surface area contributed by atoms with E-state index in [0.717, 1.165) is 77.0 Å². The first-order valence-electron chi connectivity index (χ1n) is 14.0. The minimum absolute atomic E-state index is 0. The minimum Gasteiger partial charge on any atom is -0.530 e. The Morgan fingerprint density at radius 2 is 0.541 bits per heavy atom. The van der Waals surface area contributed by atoms with Gasteiger partial charge in [0.15, 0.2) is 0 Å². The topological polar surface area (TPSA) is 130 Å². The van der Waals surface area contributed by atoms with E-state index in [1.165, 1.54) is 14.7 Å². The van der Waals surface area contributed by atoms with E-state index in [2.05, 4.69) is 0 Å². The average molecular weight is 573 g/mol. The molecule has 0 aromatic rings. The van der Waals surface area contributed by atoms with Gasteiger partial charge in [-0.15, -0.1) is 0 Å². The predicted molar refractivity (Wildman–Crippen MR) is 140 cm³/mol. The van der Waals surface area contributed by atoms with Crippen molar-refractivity contribution >= 4 is 18.3 Å². The molecule has 37 heavy (non-hydrogen) atoms. The molecule has 3 amide bonds. The molecule has 0 fully saturated rings. The van der Waals surface area contributed by atoms with Crippen LogP contribution in [0, 0.1) is 0 Å². The van der Waals surface area contributed by atoms with E-state index in [9.17, 15) is 29.7 Å². The summed E-state index contributed by atoms with van der Waals surface area (Å²) in [5.41, 5.74) is 0. The Hall–Kier alpha value is -1.67. The number of carboxylic acid groups (broad SMARTS) is 3. The fraction of sp³-hybridized carbons (Fsp3) is 0.889. The molecule has 9 nitrogen and oxygen atoms in total. The maximum atomic E-state index is 10.5. The SMILES string of the molecule is CCCCN(CCCC)C(=O)[O-].CCCCN(CCCC)C(=O)[O-].CCCCN(CCCC)C(=O)[O-].[Fe+3]. The van der Waals surface area contributed by atoms with Gasteiger partial charge in [-0.2, -0.15) is 0 Å². The third kappa shape index (κ3) is 30.4. The zero-order valence-corrected chi connectivity index (χ0v) is 25.5. The molecular weight excluding hydrogens is 518 g/mol. The van der Waals surface area contributed by atoms with Crippen molar-refractivity contribution in [3.05, 3.63) is 0 Å². The predicted octanol–water partition coefficient (Wildman–Crippen LogP) is 3.69. The van der Waals surface area contributed by atoms with Crippen LogP contribution in [0.25, 0.3) is 0 Å². The second-order valence-corrected chi connectivity index (χ2v) is 8.88. The number of carbonyl (C=O) groups is 3. The summed E-state index contributed by atoms with van der Waals surface area (Å²) in [6, 6.07) is 0. The molecule has 0 rings (SSSR count). The average Bonchev–Trinajstić information content (AvgIpc) is 2.84. The molecule has 0 aromatic carbocycles. The maximum Gasteiger partial charge on any atom is 3.00 e. The molecule has 1 radical (unpaired) electrons. The van der Waals surface area contributed by atoms with E-state index in [-0.39, 0.29) is 17.1 Å². The van der Waals surface area contributed by atoms with Crippen LogP contribution in [0.3, 0.4) is 0 Å². The summed E-state index contributed by atoms with van der Waals surface area (Å²) in [6.07, 6.45) is 8.62. The summed E-state index contributed by atoms with van der Waals surface area (Å²) < 4.78 is 0. The molecule has 0 aliphatic rings. The van der Waals surface area contributed by atoms with Crippen molar-refractivity contribution in [2.24, 2.45) is 0 Å². The van der Waals surface area contributed by atoms with Crippen molar-refractivity contribution in [3.8, 4) is 0 Å². The molecule has 0 heterocycles. The van der Waals surface area contributed by atoms with Gasteiger partial charge in [-0.25, -0.2) is 0 Å². The molecule has 0 unspecified atom stereocenters. The Bertz CT molecular complexity index is 431. The first-order chi connectivity index (χ1) is 17.2. The monoisotopic (exact) mass is 572 g/mol. The van der Waals surface area contributed by atoms with Crippen LogP contribution < -0.4 is 15.3 Å². The zero-order chi connectivity index (χ0) is 28.2.